The number of hydrazine groups is 1. The SMILES string of the molecule is CCC1(C)CCN(C(=O)c2nc(NN)ccc2Cl)CC1. The summed E-state index contributed by atoms with van der Waals surface area (Å²) in [6, 6.07) is 3.28. The number of hydrogen-bond donors (Lipinski definition) is 2. The van der Waals surface area contributed by atoms with Gasteiger partial charge in [0.25, 0.3) is 5.91 Å². The average Bonchev–Trinajstić information content (AvgIpc) is 2.48. The van der Waals surface area contributed by atoms with Crippen LogP contribution in [-0.4, -0.2) is 28.9 Å². The van der Waals surface area contributed by atoms with E-state index in [1.54, 1.807) is 12.1 Å². The van der Waals surface area contributed by atoms with E-state index in [1.807, 2.05) is 4.90 Å². The van der Waals surface area contributed by atoms with Crippen molar-refractivity contribution >= 4 is 23.3 Å². The van der Waals surface area contributed by atoms with E-state index in [9.17, 15) is 4.79 Å². The molecule has 3 N–H and O–H groups in total. The van der Waals surface area contributed by atoms with Crippen LogP contribution in [0.15, 0.2) is 12.1 Å². The molecule has 0 unspecified atom stereocenters. The molecule has 1 fully saturated rings. The predicted octanol–water partition coefficient (Wildman–Crippen LogP) is 2.67. The number of hydrogen-bond acceptors (Lipinski definition) is 4. The fourth-order valence-corrected chi connectivity index (χ4v) is 2.61. The zero-order chi connectivity index (χ0) is 14.8. The van der Waals surface area contributed by atoms with Gasteiger partial charge in [-0.1, -0.05) is 31.9 Å². The topological polar surface area (TPSA) is 71.2 Å². The number of carbonyl (C=O) groups is 1. The second kappa shape index (κ2) is 5.97. The van der Waals surface area contributed by atoms with Crippen molar-refractivity contribution in [3.63, 3.8) is 0 Å². The molecule has 0 aromatic carbocycles. The molecule has 0 saturated carbocycles. The minimum Gasteiger partial charge on any atom is -0.337 e. The van der Waals surface area contributed by atoms with E-state index in [-0.39, 0.29) is 11.6 Å². The number of rotatable bonds is 3. The summed E-state index contributed by atoms with van der Waals surface area (Å²) in [7, 11) is 0. The van der Waals surface area contributed by atoms with E-state index in [2.05, 4.69) is 24.3 Å². The van der Waals surface area contributed by atoms with Crippen molar-refractivity contribution in [3.8, 4) is 0 Å². The second-order valence-corrected chi connectivity index (χ2v) is 6.03. The Morgan fingerprint density at radius 3 is 2.70 bits per heavy atom. The van der Waals surface area contributed by atoms with E-state index >= 15 is 0 Å². The van der Waals surface area contributed by atoms with E-state index in [0.29, 0.717) is 16.3 Å². The zero-order valence-corrected chi connectivity index (χ0v) is 12.7. The van der Waals surface area contributed by atoms with Crippen LogP contribution in [0.3, 0.4) is 0 Å². The van der Waals surface area contributed by atoms with Gasteiger partial charge in [-0.2, -0.15) is 0 Å². The van der Waals surface area contributed by atoms with Gasteiger partial charge in [0.15, 0.2) is 0 Å². The van der Waals surface area contributed by atoms with Crippen LogP contribution >= 0.6 is 11.6 Å². The fourth-order valence-electron chi connectivity index (χ4n) is 2.43. The highest BCUT2D eigenvalue weighted by molar-refractivity contribution is 6.33. The number of amides is 1. The zero-order valence-electron chi connectivity index (χ0n) is 11.9. The van der Waals surface area contributed by atoms with Crippen LogP contribution in [0, 0.1) is 5.41 Å². The molecule has 110 valence electrons. The van der Waals surface area contributed by atoms with Crippen LogP contribution in [0.4, 0.5) is 5.82 Å². The van der Waals surface area contributed by atoms with E-state index in [1.165, 1.54) is 0 Å². The summed E-state index contributed by atoms with van der Waals surface area (Å²) in [5.74, 6) is 5.64. The van der Waals surface area contributed by atoms with Gasteiger partial charge < -0.3 is 10.3 Å². The molecule has 6 heteroatoms. The van der Waals surface area contributed by atoms with Crippen molar-refractivity contribution in [1.29, 1.82) is 0 Å². The number of anilines is 1. The molecular formula is C14H21ClN4O. The van der Waals surface area contributed by atoms with Crippen molar-refractivity contribution in [2.24, 2.45) is 11.3 Å². The second-order valence-electron chi connectivity index (χ2n) is 5.63. The van der Waals surface area contributed by atoms with E-state index in [4.69, 9.17) is 17.4 Å². The third-order valence-corrected chi connectivity index (χ3v) is 4.61. The lowest BCUT2D eigenvalue weighted by Gasteiger charge is -2.38. The molecule has 20 heavy (non-hydrogen) atoms. The third kappa shape index (κ3) is 3.04. The van der Waals surface area contributed by atoms with Crippen LogP contribution in [0.1, 0.15) is 43.6 Å². The molecule has 0 radical (unpaired) electrons. The number of halogens is 1. The summed E-state index contributed by atoms with van der Waals surface area (Å²) in [6.45, 7) is 5.98. The lowest BCUT2D eigenvalue weighted by atomic mass is 9.78. The van der Waals surface area contributed by atoms with Crippen molar-refractivity contribution in [3.05, 3.63) is 22.8 Å². The first-order valence-corrected chi connectivity index (χ1v) is 7.29. The molecule has 1 amide bonds. The quantitative estimate of drug-likeness (QED) is 0.664. The number of nitrogens with one attached hydrogen (secondary N) is 1. The van der Waals surface area contributed by atoms with Gasteiger partial charge >= 0.3 is 0 Å². The number of aromatic nitrogens is 1. The number of nitrogen functional groups attached to an aromatic ring is 1. The van der Waals surface area contributed by atoms with Gasteiger partial charge in [0.2, 0.25) is 0 Å². The Morgan fingerprint density at radius 1 is 1.50 bits per heavy atom. The van der Waals surface area contributed by atoms with Gasteiger partial charge in [0.1, 0.15) is 11.5 Å². The standard InChI is InChI=1S/C14H21ClN4O/c1-3-14(2)6-8-19(9-7-14)13(20)12-10(15)4-5-11(17-12)18-16/h4-5H,3,6-9,16H2,1-2H3,(H,17,18). The Kier molecular flexibility index (Phi) is 4.50. The molecule has 2 rings (SSSR count). The van der Waals surface area contributed by atoms with Crippen LogP contribution in [0.2, 0.25) is 5.02 Å². The summed E-state index contributed by atoms with van der Waals surface area (Å²) in [5, 5.41) is 0.359. The third-order valence-electron chi connectivity index (χ3n) is 4.31. The first kappa shape index (κ1) is 15.1. The van der Waals surface area contributed by atoms with Crippen molar-refractivity contribution < 1.29 is 4.79 Å². The number of carbonyl (C=O) groups excluding carboxylic acids is 1. The summed E-state index contributed by atoms with van der Waals surface area (Å²) in [5.41, 5.74) is 3.04. The van der Waals surface area contributed by atoms with Crippen molar-refractivity contribution in [2.75, 3.05) is 18.5 Å². The molecular weight excluding hydrogens is 276 g/mol. The molecule has 1 aliphatic rings. The fraction of sp³-hybridized carbons (Fsp3) is 0.571. The molecule has 1 aliphatic heterocycles. The molecule has 1 aromatic heterocycles. The number of nitrogens with two attached hydrogens (primary N) is 1. The number of pyridine rings is 1. The Balaban J connectivity index is 2.13. The molecule has 1 aromatic rings. The van der Waals surface area contributed by atoms with E-state index < -0.39 is 0 Å². The summed E-state index contributed by atoms with van der Waals surface area (Å²) < 4.78 is 0. The summed E-state index contributed by atoms with van der Waals surface area (Å²) in [6.07, 6.45) is 3.17. The van der Waals surface area contributed by atoms with Gasteiger partial charge in [-0.25, -0.2) is 10.8 Å². The van der Waals surface area contributed by atoms with Crippen LogP contribution in [-0.2, 0) is 0 Å². The first-order chi connectivity index (χ1) is 9.49. The van der Waals surface area contributed by atoms with Crippen LogP contribution in [0.25, 0.3) is 0 Å². The molecule has 1 saturated heterocycles. The van der Waals surface area contributed by atoms with Crippen LogP contribution in [0.5, 0.6) is 0 Å². The summed E-state index contributed by atoms with van der Waals surface area (Å²) >= 11 is 6.07. The van der Waals surface area contributed by atoms with Crippen molar-refractivity contribution in [1.82, 2.24) is 9.88 Å². The minimum atomic E-state index is -0.120. The van der Waals surface area contributed by atoms with Gasteiger partial charge in [-0.3, -0.25) is 4.79 Å². The Morgan fingerprint density at radius 2 is 2.15 bits per heavy atom. The first-order valence-electron chi connectivity index (χ1n) is 6.91. The van der Waals surface area contributed by atoms with Crippen LogP contribution < -0.4 is 11.3 Å². The number of nitrogens with zero attached hydrogens (tertiary/aromatic N) is 2. The van der Waals surface area contributed by atoms with E-state index in [0.717, 1.165) is 32.4 Å². The Bertz CT molecular complexity index is 498. The maximum absolute atomic E-state index is 12.5. The molecule has 0 aliphatic carbocycles. The monoisotopic (exact) mass is 296 g/mol. The smallest absolute Gasteiger partial charge is 0.274 e. The lowest BCUT2D eigenvalue weighted by molar-refractivity contribution is 0.0595. The molecule has 0 spiro atoms. The van der Waals surface area contributed by atoms with Gasteiger partial charge in [0, 0.05) is 13.1 Å². The predicted molar refractivity (Wildman–Crippen MR) is 80.6 cm³/mol. The Labute approximate surface area is 124 Å². The molecule has 0 bridgehead atoms. The normalized spacial score (nSPS) is 17.9. The minimum absolute atomic E-state index is 0.120. The number of piperidine rings is 1. The van der Waals surface area contributed by atoms with Gasteiger partial charge in [-0.15, -0.1) is 0 Å². The largest absolute Gasteiger partial charge is 0.337 e. The highest BCUT2D eigenvalue weighted by atomic mass is 35.5. The molecule has 5 nitrogen and oxygen atoms in total. The number of likely N-dealkylation sites (tertiary alicyclic amines) is 1. The molecule has 0 atom stereocenters. The lowest BCUT2D eigenvalue weighted by Crippen LogP contribution is -2.42. The summed E-state index contributed by atoms with van der Waals surface area (Å²) in [4.78, 5) is 18.5. The highest BCUT2D eigenvalue weighted by Gasteiger charge is 2.31. The van der Waals surface area contributed by atoms with Gasteiger partial charge in [-0.05, 0) is 30.4 Å². The maximum Gasteiger partial charge on any atom is 0.274 e. The average molecular weight is 297 g/mol. The molecule has 2 heterocycles. The van der Waals surface area contributed by atoms with Crippen molar-refractivity contribution in [2.45, 2.75) is 33.1 Å². The Hall–Kier alpha value is -1.33. The maximum atomic E-state index is 12.5. The highest BCUT2D eigenvalue weighted by Crippen LogP contribution is 2.34. The van der Waals surface area contributed by atoms with Gasteiger partial charge in [0.05, 0.1) is 5.02 Å².